The van der Waals surface area contributed by atoms with E-state index in [9.17, 15) is 0 Å². The van der Waals surface area contributed by atoms with Crippen LogP contribution in [0.5, 0.6) is 0 Å². The van der Waals surface area contributed by atoms with Crippen LogP contribution < -0.4 is 9.97 Å². The van der Waals surface area contributed by atoms with E-state index in [2.05, 4.69) is 238 Å². The molecule has 0 fully saturated rings. The minimum Gasteiger partial charge on any atom is -0.657 e. The van der Waals surface area contributed by atoms with Crippen LogP contribution >= 0.6 is 31.9 Å². The minimum absolute atomic E-state index is 0. The average Bonchev–Trinajstić information content (AvgIpc) is 4.16. The molecule has 2 aliphatic rings. The first kappa shape index (κ1) is 40.6. The second-order valence-corrected chi connectivity index (χ2v) is 17.1. The van der Waals surface area contributed by atoms with E-state index in [1.165, 1.54) is 0 Å². The number of halogens is 2. The van der Waals surface area contributed by atoms with Crippen molar-refractivity contribution in [2.75, 3.05) is 0 Å². The molecule has 0 spiro atoms. The molecule has 294 valence electrons. The van der Waals surface area contributed by atoms with E-state index in [4.69, 9.17) is 19.9 Å². The van der Waals surface area contributed by atoms with Gasteiger partial charge >= 0.3 is 19.5 Å². The molecule has 0 saturated carbocycles. The van der Waals surface area contributed by atoms with Gasteiger partial charge in [-0.2, -0.15) is 0 Å². The third-order valence-corrected chi connectivity index (χ3v) is 12.5. The molecule has 0 amide bonds. The van der Waals surface area contributed by atoms with Crippen molar-refractivity contribution in [3.8, 4) is 22.3 Å². The molecule has 4 nitrogen and oxygen atoms in total. The van der Waals surface area contributed by atoms with Crippen molar-refractivity contribution in [2.24, 2.45) is 0 Å². The van der Waals surface area contributed by atoms with Gasteiger partial charge in [-0.1, -0.05) is 190 Å². The van der Waals surface area contributed by atoms with Crippen LogP contribution in [0.1, 0.15) is 45.0 Å². The molecule has 2 aliphatic heterocycles. The standard InChI is InChI=1S/C56H34Br2N4.Zn/c57-39-21-15-35(16-22-39)19-25-45-47-27-31-51(59-47)55(43-13-5-9-37-7-1-3-11-41(37)43)52-32-28-48(60-52)46(26-20-36-17-23-40(58)24-18-36)50-30-34-54(62-50)56(53-33-29-49(45)61-53)44-14-6-10-38-8-2-4-12-42(38)44;/h1-34H;/q-2;+2/b25-19+,26-20+,47-45?,48-46?,49-45?,50-46?,55-51?,55-52?,56-53?,56-54?;. The molecule has 0 atom stereocenters. The van der Waals surface area contributed by atoms with Gasteiger partial charge in [0.2, 0.25) is 0 Å². The van der Waals surface area contributed by atoms with Gasteiger partial charge < -0.3 is 9.97 Å². The topological polar surface area (TPSA) is 54.0 Å². The minimum atomic E-state index is 0. The number of fused-ring (bicyclic) bond motifs is 10. The van der Waals surface area contributed by atoms with Crippen molar-refractivity contribution < 1.29 is 19.5 Å². The van der Waals surface area contributed by atoms with Gasteiger partial charge in [0.1, 0.15) is 0 Å². The van der Waals surface area contributed by atoms with Gasteiger partial charge in [-0.05, 0) is 115 Å². The Morgan fingerprint density at radius 1 is 0.365 bits per heavy atom. The summed E-state index contributed by atoms with van der Waals surface area (Å²) >= 11 is 7.19. The van der Waals surface area contributed by atoms with E-state index < -0.39 is 0 Å². The molecule has 63 heavy (non-hydrogen) atoms. The van der Waals surface area contributed by atoms with Gasteiger partial charge in [-0.3, -0.25) is 0 Å². The maximum Gasteiger partial charge on any atom is 2.00 e. The molecule has 6 aromatic carbocycles. The predicted molar refractivity (Wildman–Crippen MR) is 269 cm³/mol. The first-order valence-corrected chi connectivity index (χ1v) is 22.0. The van der Waals surface area contributed by atoms with Crippen LogP contribution in [0.15, 0.2) is 167 Å². The van der Waals surface area contributed by atoms with Gasteiger partial charge in [0.15, 0.2) is 0 Å². The summed E-state index contributed by atoms with van der Waals surface area (Å²) in [5.74, 6) is 0. The Balaban J connectivity index is 0.00000471. The average molecular weight is 988 g/mol. The molecule has 0 unspecified atom stereocenters. The van der Waals surface area contributed by atoms with Crippen LogP contribution in [0.2, 0.25) is 0 Å². The van der Waals surface area contributed by atoms with Crippen LogP contribution in [-0.4, -0.2) is 9.97 Å². The molecule has 9 aromatic rings. The zero-order valence-electron chi connectivity index (χ0n) is 33.9. The van der Waals surface area contributed by atoms with Crippen molar-refractivity contribution in [3.05, 3.63) is 212 Å². The second kappa shape index (κ2) is 17.3. The van der Waals surface area contributed by atoms with Crippen molar-refractivity contribution in [1.82, 2.24) is 19.9 Å². The van der Waals surface area contributed by atoms with Gasteiger partial charge in [0.25, 0.3) is 0 Å². The van der Waals surface area contributed by atoms with Gasteiger partial charge in [-0.25, -0.2) is 9.97 Å². The Bertz CT molecular complexity index is 3290. The summed E-state index contributed by atoms with van der Waals surface area (Å²) in [5.41, 5.74) is 14.6. The zero-order chi connectivity index (χ0) is 41.6. The third-order valence-electron chi connectivity index (χ3n) is 11.4. The quantitative estimate of drug-likeness (QED) is 0.156. The number of hydrogen-bond acceptors (Lipinski definition) is 2. The smallest absolute Gasteiger partial charge is 0.657 e. The fourth-order valence-electron chi connectivity index (χ4n) is 8.42. The molecule has 7 heteroatoms. The fraction of sp³-hybridized carbons (Fsp3) is 0. The van der Waals surface area contributed by atoms with E-state index >= 15 is 0 Å². The number of benzene rings is 6. The largest absolute Gasteiger partial charge is 2.00 e. The Morgan fingerprint density at radius 2 is 0.746 bits per heavy atom. The monoisotopic (exact) mass is 984 g/mol. The van der Waals surface area contributed by atoms with Crippen LogP contribution in [0.3, 0.4) is 0 Å². The van der Waals surface area contributed by atoms with Crippen molar-refractivity contribution >= 4 is 124 Å². The summed E-state index contributed by atoms with van der Waals surface area (Å²) in [6.45, 7) is 0. The maximum absolute atomic E-state index is 5.45. The number of aromatic nitrogens is 4. The zero-order valence-corrected chi connectivity index (χ0v) is 40.0. The van der Waals surface area contributed by atoms with Gasteiger partial charge in [0, 0.05) is 8.95 Å². The summed E-state index contributed by atoms with van der Waals surface area (Å²) < 4.78 is 2.06. The van der Waals surface area contributed by atoms with Gasteiger partial charge in [-0.15, -0.1) is 22.1 Å². The summed E-state index contributed by atoms with van der Waals surface area (Å²) in [6.07, 6.45) is 17.0. The number of rotatable bonds is 6. The molecular weight excluding hydrogens is 954 g/mol. The molecule has 0 saturated heterocycles. The molecule has 0 aliphatic carbocycles. The second-order valence-electron chi connectivity index (χ2n) is 15.3. The van der Waals surface area contributed by atoms with E-state index in [1.807, 2.05) is 0 Å². The van der Waals surface area contributed by atoms with Crippen molar-refractivity contribution in [1.29, 1.82) is 0 Å². The fourth-order valence-corrected chi connectivity index (χ4v) is 8.95. The van der Waals surface area contributed by atoms with Crippen molar-refractivity contribution in [2.45, 2.75) is 0 Å². The summed E-state index contributed by atoms with van der Waals surface area (Å²) in [6, 6.07) is 55.0. The Morgan fingerprint density at radius 3 is 1.19 bits per heavy atom. The number of nitrogens with zero attached hydrogens (tertiary/aromatic N) is 4. The van der Waals surface area contributed by atoms with Crippen LogP contribution in [0.25, 0.3) is 114 Å². The Labute approximate surface area is 394 Å². The summed E-state index contributed by atoms with van der Waals surface area (Å²) in [4.78, 5) is 21.8. The van der Waals surface area contributed by atoms with E-state index in [0.29, 0.717) is 0 Å². The summed E-state index contributed by atoms with van der Waals surface area (Å²) in [5, 5.41) is 4.57. The summed E-state index contributed by atoms with van der Waals surface area (Å²) in [7, 11) is 0. The molecule has 0 N–H and O–H groups in total. The number of hydrogen-bond donors (Lipinski definition) is 0. The maximum atomic E-state index is 5.45. The molecule has 3 aromatic heterocycles. The molecule has 8 bridgehead atoms. The molecule has 11 rings (SSSR count). The Kier molecular flexibility index (Phi) is 11.2. The molecule has 5 heterocycles. The first-order chi connectivity index (χ1) is 30.5. The third kappa shape index (κ3) is 7.94. The normalized spacial score (nSPS) is 12.2. The van der Waals surface area contributed by atoms with E-state index in [0.717, 1.165) is 120 Å². The van der Waals surface area contributed by atoms with Crippen LogP contribution in [0.4, 0.5) is 0 Å². The SMILES string of the molecule is Brc1ccc(/C=C/c2c3nc(c(-c4cccc5ccccc45)c4ccc([n-]4)c(/C=C/c4ccc(Br)cc4)c4nc(c(-c5cccc6ccccc56)c5ccc2[n-]5)C=C4)C=C3)cc1.[Zn+2]. The van der Waals surface area contributed by atoms with Crippen LogP contribution in [0, 0.1) is 0 Å². The van der Waals surface area contributed by atoms with Crippen LogP contribution in [-0.2, 0) is 19.5 Å². The molecule has 0 radical (unpaired) electrons. The van der Waals surface area contributed by atoms with E-state index in [1.54, 1.807) is 0 Å². The molecular formula is C56H34Br2N4Zn. The predicted octanol–water partition coefficient (Wildman–Crippen LogP) is 15.4. The van der Waals surface area contributed by atoms with Crippen molar-refractivity contribution in [3.63, 3.8) is 0 Å². The first-order valence-electron chi connectivity index (χ1n) is 20.4. The van der Waals surface area contributed by atoms with Gasteiger partial charge in [0.05, 0.1) is 22.8 Å². The Hall–Kier alpha value is -6.50. The van der Waals surface area contributed by atoms with E-state index in [-0.39, 0.29) is 19.5 Å².